The van der Waals surface area contributed by atoms with Crippen molar-refractivity contribution >= 4 is 12.0 Å². The molecule has 0 rings (SSSR count). The molecule has 0 aromatic rings. The summed E-state index contributed by atoms with van der Waals surface area (Å²) in [7, 11) is 0. The highest BCUT2D eigenvalue weighted by molar-refractivity contribution is 5.76. The Labute approximate surface area is 108 Å². The number of amides is 2. The van der Waals surface area contributed by atoms with Gasteiger partial charge in [0.1, 0.15) is 0 Å². The van der Waals surface area contributed by atoms with Crippen LogP contribution in [0.4, 0.5) is 4.79 Å². The number of urea groups is 1. The molecule has 0 aromatic heterocycles. The lowest BCUT2D eigenvalue weighted by atomic mass is 9.96. The highest BCUT2D eigenvalue weighted by atomic mass is 16.4. The first-order chi connectivity index (χ1) is 8.43. The molecule has 18 heavy (non-hydrogen) atoms. The Morgan fingerprint density at radius 3 is 2.28 bits per heavy atom. The number of aliphatic hydroxyl groups is 1. The Hall–Kier alpha value is -1.30. The summed E-state index contributed by atoms with van der Waals surface area (Å²) in [5, 5.41) is 20.5. The molecular weight excluding hydrogens is 236 g/mol. The van der Waals surface area contributed by atoms with E-state index in [1.54, 1.807) is 0 Å². The summed E-state index contributed by atoms with van der Waals surface area (Å²) in [6.07, 6.45) is 0.792. The number of carboxylic acids is 1. The van der Waals surface area contributed by atoms with E-state index in [0.29, 0.717) is 6.54 Å². The summed E-state index contributed by atoms with van der Waals surface area (Å²) >= 11 is 0. The molecule has 106 valence electrons. The van der Waals surface area contributed by atoms with E-state index in [1.165, 1.54) is 4.90 Å². The van der Waals surface area contributed by atoms with Gasteiger partial charge in [0.15, 0.2) is 0 Å². The fraction of sp³-hybridized carbons (Fsp3) is 0.833. The van der Waals surface area contributed by atoms with E-state index in [9.17, 15) is 9.59 Å². The molecule has 0 aliphatic heterocycles. The molecule has 0 aromatic carbocycles. The Bertz CT molecular complexity index is 263. The van der Waals surface area contributed by atoms with Gasteiger partial charge in [0.2, 0.25) is 0 Å². The summed E-state index contributed by atoms with van der Waals surface area (Å²) < 4.78 is 0. The summed E-state index contributed by atoms with van der Waals surface area (Å²) in [6.45, 7) is 6.37. The number of carboxylic acid groups (broad SMARTS) is 1. The number of rotatable bonds is 8. The van der Waals surface area contributed by atoms with Crippen molar-refractivity contribution < 1.29 is 19.8 Å². The van der Waals surface area contributed by atoms with Crippen LogP contribution < -0.4 is 5.32 Å². The molecule has 1 atom stereocenters. The first-order valence-electron chi connectivity index (χ1n) is 6.30. The average molecular weight is 260 g/mol. The van der Waals surface area contributed by atoms with Crippen LogP contribution >= 0.6 is 0 Å². The highest BCUT2D eigenvalue weighted by Crippen LogP contribution is 2.09. The molecule has 0 bridgehead atoms. The van der Waals surface area contributed by atoms with Gasteiger partial charge in [-0.3, -0.25) is 4.79 Å². The number of carbonyl (C=O) groups excluding carboxylic acids is 1. The van der Waals surface area contributed by atoms with Crippen molar-refractivity contribution in [1.82, 2.24) is 10.2 Å². The number of hydrogen-bond donors (Lipinski definition) is 3. The summed E-state index contributed by atoms with van der Waals surface area (Å²) in [6, 6.07) is -0.321. The Balaban J connectivity index is 4.31. The fourth-order valence-electron chi connectivity index (χ4n) is 1.62. The molecule has 0 spiro atoms. The van der Waals surface area contributed by atoms with E-state index in [0.717, 1.165) is 6.42 Å². The molecule has 0 saturated heterocycles. The van der Waals surface area contributed by atoms with Gasteiger partial charge in [0.25, 0.3) is 0 Å². The fourth-order valence-corrected chi connectivity index (χ4v) is 1.62. The highest BCUT2D eigenvalue weighted by Gasteiger charge is 2.23. The normalized spacial score (nSPS) is 12.3. The zero-order valence-electron chi connectivity index (χ0n) is 11.3. The lowest BCUT2D eigenvalue weighted by molar-refractivity contribution is -0.142. The Morgan fingerprint density at radius 2 is 1.89 bits per heavy atom. The minimum absolute atomic E-state index is 0.0414. The van der Waals surface area contributed by atoms with Crippen molar-refractivity contribution in [3.63, 3.8) is 0 Å². The van der Waals surface area contributed by atoms with Crippen molar-refractivity contribution in [2.45, 2.75) is 27.2 Å². The number of aliphatic carboxylic acids is 1. The predicted molar refractivity (Wildman–Crippen MR) is 68.3 cm³/mol. The third kappa shape index (κ3) is 5.86. The number of carbonyl (C=O) groups is 2. The molecular formula is C12H24N2O4. The smallest absolute Gasteiger partial charge is 0.317 e. The van der Waals surface area contributed by atoms with Gasteiger partial charge in [-0.25, -0.2) is 4.79 Å². The molecule has 6 nitrogen and oxygen atoms in total. The maximum absolute atomic E-state index is 11.8. The van der Waals surface area contributed by atoms with Gasteiger partial charge in [-0.2, -0.15) is 0 Å². The minimum atomic E-state index is -0.908. The van der Waals surface area contributed by atoms with Gasteiger partial charge in [-0.05, 0) is 12.3 Å². The van der Waals surface area contributed by atoms with Crippen LogP contribution in [-0.4, -0.2) is 53.4 Å². The monoisotopic (exact) mass is 260 g/mol. The number of hydrogen-bond acceptors (Lipinski definition) is 3. The topological polar surface area (TPSA) is 89.9 Å². The van der Waals surface area contributed by atoms with Gasteiger partial charge >= 0.3 is 12.0 Å². The maximum atomic E-state index is 11.8. The predicted octanol–water partition coefficient (Wildman–Crippen LogP) is 0.757. The Kier molecular flexibility index (Phi) is 8.11. The van der Waals surface area contributed by atoms with Gasteiger partial charge in [-0.1, -0.05) is 20.8 Å². The molecule has 2 amide bonds. The van der Waals surface area contributed by atoms with Crippen molar-refractivity contribution in [1.29, 1.82) is 0 Å². The second-order valence-corrected chi connectivity index (χ2v) is 4.59. The van der Waals surface area contributed by atoms with Crippen LogP contribution in [0.2, 0.25) is 0 Å². The lowest BCUT2D eigenvalue weighted by Gasteiger charge is -2.23. The quantitative estimate of drug-likeness (QED) is 0.601. The van der Waals surface area contributed by atoms with Crippen LogP contribution in [-0.2, 0) is 4.79 Å². The second-order valence-electron chi connectivity index (χ2n) is 4.59. The molecule has 6 heteroatoms. The van der Waals surface area contributed by atoms with E-state index < -0.39 is 11.9 Å². The molecule has 0 fully saturated rings. The van der Waals surface area contributed by atoms with Crippen molar-refractivity contribution in [2.75, 3.05) is 26.2 Å². The average Bonchev–Trinajstić information content (AvgIpc) is 2.27. The number of nitrogens with one attached hydrogen (secondary N) is 1. The summed E-state index contributed by atoms with van der Waals surface area (Å²) in [5.41, 5.74) is 0. The number of nitrogens with zero attached hydrogens (tertiary/aromatic N) is 1. The third-order valence-corrected chi connectivity index (χ3v) is 2.75. The summed E-state index contributed by atoms with van der Waals surface area (Å²) in [4.78, 5) is 24.2. The van der Waals surface area contributed by atoms with Crippen molar-refractivity contribution in [2.24, 2.45) is 11.8 Å². The van der Waals surface area contributed by atoms with E-state index >= 15 is 0 Å². The summed E-state index contributed by atoms with van der Waals surface area (Å²) in [5.74, 6) is -1.54. The van der Waals surface area contributed by atoms with Gasteiger partial charge in [0, 0.05) is 19.6 Å². The van der Waals surface area contributed by atoms with Crippen LogP contribution in [0.25, 0.3) is 0 Å². The van der Waals surface area contributed by atoms with Crippen LogP contribution in [0.1, 0.15) is 27.2 Å². The SMILES string of the molecule is CCCN(CCO)C(=O)NCC(C(=O)O)C(C)C. The van der Waals surface area contributed by atoms with Crippen molar-refractivity contribution in [3.05, 3.63) is 0 Å². The van der Waals surface area contributed by atoms with Gasteiger partial charge < -0.3 is 20.4 Å². The van der Waals surface area contributed by atoms with Gasteiger partial charge in [-0.15, -0.1) is 0 Å². The van der Waals surface area contributed by atoms with Crippen LogP contribution in [0, 0.1) is 11.8 Å². The van der Waals surface area contributed by atoms with Crippen LogP contribution in [0.3, 0.4) is 0 Å². The van der Waals surface area contributed by atoms with Gasteiger partial charge in [0.05, 0.1) is 12.5 Å². The largest absolute Gasteiger partial charge is 0.481 e. The standard InChI is InChI=1S/C12H24N2O4/c1-4-5-14(6-7-15)12(18)13-8-10(9(2)3)11(16)17/h9-10,15H,4-8H2,1-3H3,(H,13,18)(H,16,17). The molecule has 0 aliphatic rings. The molecule has 1 unspecified atom stereocenters. The number of aliphatic hydroxyl groups excluding tert-OH is 1. The maximum Gasteiger partial charge on any atom is 0.317 e. The minimum Gasteiger partial charge on any atom is -0.481 e. The first-order valence-corrected chi connectivity index (χ1v) is 6.30. The first kappa shape index (κ1) is 16.7. The molecule has 0 aliphatic carbocycles. The van der Waals surface area contributed by atoms with Crippen LogP contribution in [0.15, 0.2) is 0 Å². The molecule has 3 N–H and O–H groups in total. The van der Waals surface area contributed by atoms with Crippen molar-refractivity contribution in [3.8, 4) is 0 Å². The molecule has 0 saturated carbocycles. The van der Waals surface area contributed by atoms with Crippen LogP contribution in [0.5, 0.6) is 0 Å². The van der Waals surface area contributed by atoms with E-state index in [-0.39, 0.29) is 31.6 Å². The third-order valence-electron chi connectivity index (χ3n) is 2.75. The Morgan fingerprint density at radius 1 is 1.28 bits per heavy atom. The molecule has 0 radical (unpaired) electrons. The lowest BCUT2D eigenvalue weighted by Crippen LogP contribution is -2.45. The van der Waals surface area contributed by atoms with E-state index in [2.05, 4.69) is 5.32 Å². The van der Waals surface area contributed by atoms with E-state index in [4.69, 9.17) is 10.2 Å². The zero-order valence-corrected chi connectivity index (χ0v) is 11.3. The molecule has 0 heterocycles. The second kappa shape index (κ2) is 8.74. The van der Waals surface area contributed by atoms with E-state index in [1.807, 2.05) is 20.8 Å². The zero-order chi connectivity index (χ0) is 14.1.